The van der Waals surface area contributed by atoms with E-state index in [-0.39, 0.29) is 42.5 Å². The van der Waals surface area contributed by atoms with E-state index in [9.17, 15) is 4.79 Å². The Balaban J connectivity index is 0.00000312. The number of furan rings is 1. The van der Waals surface area contributed by atoms with E-state index in [1.165, 1.54) is 0 Å². The number of rotatable bonds is 7. The molecular weight excluding hydrogens is 435 g/mol. The van der Waals surface area contributed by atoms with Crippen LogP contribution in [0.4, 0.5) is 0 Å². The number of guanidine groups is 1. The molecule has 1 aromatic heterocycles. The van der Waals surface area contributed by atoms with E-state index in [0.717, 1.165) is 16.7 Å². The summed E-state index contributed by atoms with van der Waals surface area (Å²) < 4.78 is 10.7. The summed E-state index contributed by atoms with van der Waals surface area (Å²) in [4.78, 5) is 15.8. The first-order valence-corrected chi connectivity index (χ1v) is 7.85. The van der Waals surface area contributed by atoms with E-state index < -0.39 is 0 Å². The normalized spacial score (nSPS) is 12.4. The first-order valence-electron chi connectivity index (χ1n) is 7.85. The van der Waals surface area contributed by atoms with Crippen molar-refractivity contribution < 1.29 is 13.9 Å². The van der Waals surface area contributed by atoms with Crippen molar-refractivity contribution in [1.82, 2.24) is 16.0 Å². The second-order valence-corrected chi connectivity index (χ2v) is 5.32. The lowest BCUT2D eigenvalue weighted by Gasteiger charge is -2.16. The molecular formula is C17H25IN4O3. The molecule has 138 valence electrons. The van der Waals surface area contributed by atoms with Gasteiger partial charge in [0.2, 0.25) is 5.91 Å². The van der Waals surface area contributed by atoms with E-state index in [1.54, 1.807) is 14.2 Å². The van der Waals surface area contributed by atoms with Gasteiger partial charge in [-0.1, -0.05) is 18.2 Å². The molecule has 8 heteroatoms. The minimum atomic E-state index is -0.119. The molecule has 0 saturated carbocycles. The van der Waals surface area contributed by atoms with Crippen molar-refractivity contribution in [1.29, 1.82) is 0 Å². The molecule has 1 atom stereocenters. The van der Waals surface area contributed by atoms with Gasteiger partial charge in [-0.25, -0.2) is 0 Å². The maximum absolute atomic E-state index is 11.7. The highest BCUT2D eigenvalue weighted by Gasteiger charge is 2.13. The number of ether oxygens (including phenoxy) is 1. The van der Waals surface area contributed by atoms with E-state index in [4.69, 9.17) is 9.15 Å². The number of carbonyl (C=O) groups is 1. The molecule has 1 aromatic carbocycles. The van der Waals surface area contributed by atoms with Crippen molar-refractivity contribution in [3.05, 3.63) is 36.1 Å². The van der Waals surface area contributed by atoms with Crippen LogP contribution in [0.5, 0.6) is 0 Å². The maximum atomic E-state index is 11.7. The lowest BCUT2D eigenvalue weighted by atomic mass is 10.2. The smallest absolute Gasteiger partial charge is 0.239 e. The predicted molar refractivity (Wildman–Crippen MR) is 109 cm³/mol. The molecule has 0 aliphatic carbocycles. The van der Waals surface area contributed by atoms with Crippen LogP contribution >= 0.6 is 24.0 Å². The third kappa shape index (κ3) is 6.54. The number of nitrogens with one attached hydrogen (secondary N) is 3. The van der Waals surface area contributed by atoms with Gasteiger partial charge in [0.1, 0.15) is 11.3 Å². The van der Waals surface area contributed by atoms with Gasteiger partial charge in [0.15, 0.2) is 5.96 Å². The van der Waals surface area contributed by atoms with Crippen molar-refractivity contribution in [2.75, 3.05) is 33.9 Å². The summed E-state index contributed by atoms with van der Waals surface area (Å²) in [6, 6.07) is 9.77. The molecule has 7 nitrogen and oxygen atoms in total. The van der Waals surface area contributed by atoms with Crippen LogP contribution in [0.3, 0.4) is 0 Å². The quantitative estimate of drug-likeness (QED) is 0.255. The number of hydrogen-bond acceptors (Lipinski definition) is 4. The zero-order valence-corrected chi connectivity index (χ0v) is 17.0. The van der Waals surface area contributed by atoms with E-state index >= 15 is 0 Å². The average Bonchev–Trinajstić information content (AvgIpc) is 3.03. The zero-order chi connectivity index (χ0) is 17.4. The lowest BCUT2D eigenvalue weighted by molar-refractivity contribution is -0.120. The van der Waals surface area contributed by atoms with Crippen molar-refractivity contribution >= 4 is 46.8 Å². The Morgan fingerprint density at radius 3 is 2.76 bits per heavy atom. The van der Waals surface area contributed by atoms with Gasteiger partial charge >= 0.3 is 0 Å². The van der Waals surface area contributed by atoms with Gasteiger partial charge in [0.25, 0.3) is 0 Å². The Labute approximate surface area is 164 Å². The highest BCUT2D eigenvalue weighted by molar-refractivity contribution is 14.0. The number of para-hydroxylation sites is 1. The second-order valence-electron chi connectivity index (χ2n) is 5.32. The summed E-state index contributed by atoms with van der Waals surface area (Å²) in [5.74, 6) is 1.22. The number of halogens is 1. The molecule has 1 amide bonds. The molecule has 0 fully saturated rings. The van der Waals surface area contributed by atoms with Gasteiger partial charge in [-0.2, -0.15) is 0 Å². The number of nitrogens with zero attached hydrogens (tertiary/aromatic N) is 1. The largest absolute Gasteiger partial charge is 0.459 e. The molecule has 1 unspecified atom stereocenters. The Morgan fingerprint density at radius 2 is 2.08 bits per heavy atom. The van der Waals surface area contributed by atoms with Crippen LogP contribution in [-0.2, 0) is 9.53 Å². The van der Waals surface area contributed by atoms with Crippen LogP contribution in [0.2, 0.25) is 0 Å². The number of benzene rings is 1. The van der Waals surface area contributed by atoms with E-state index in [2.05, 4.69) is 20.9 Å². The third-order valence-corrected chi connectivity index (χ3v) is 3.49. The van der Waals surface area contributed by atoms with Gasteiger partial charge in [-0.05, 0) is 19.1 Å². The van der Waals surface area contributed by atoms with Gasteiger partial charge in [0, 0.05) is 26.1 Å². The average molecular weight is 460 g/mol. The summed E-state index contributed by atoms with van der Waals surface area (Å²) in [6.45, 7) is 3.08. The standard InChI is InChI=1S/C17H24N4O3.HI/c1-12(15-10-13-6-4-5-7-14(13)24-15)21-17(18-2)20-11-16(22)19-8-9-23-3;/h4-7,10,12H,8-9,11H2,1-3H3,(H,19,22)(H2,18,20,21);1H. The first-order chi connectivity index (χ1) is 11.6. The van der Waals surface area contributed by atoms with Crippen LogP contribution in [0.15, 0.2) is 39.7 Å². The Morgan fingerprint density at radius 1 is 1.32 bits per heavy atom. The number of hydrogen-bond donors (Lipinski definition) is 3. The molecule has 0 radical (unpaired) electrons. The number of amides is 1. The monoisotopic (exact) mass is 460 g/mol. The fourth-order valence-electron chi connectivity index (χ4n) is 2.21. The van der Waals surface area contributed by atoms with Crippen LogP contribution in [0.1, 0.15) is 18.7 Å². The van der Waals surface area contributed by atoms with Crippen molar-refractivity contribution in [2.24, 2.45) is 4.99 Å². The van der Waals surface area contributed by atoms with Gasteiger partial charge in [-0.15, -0.1) is 24.0 Å². The minimum absolute atomic E-state index is 0. The van der Waals surface area contributed by atoms with Crippen LogP contribution in [-0.4, -0.2) is 45.7 Å². The number of methoxy groups -OCH3 is 1. The lowest BCUT2D eigenvalue weighted by Crippen LogP contribution is -2.44. The Kier molecular flexibility index (Phi) is 9.28. The molecule has 0 aliphatic rings. The molecule has 0 saturated heterocycles. The first kappa shape index (κ1) is 21.2. The van der Waals surface area contributed by atoms with Crippen molar-refractivity contribution in [3.63, 3.8) is 0 Å². The molecule has 25 heavy (non-hydrogen) atoms. The van der Waals surface area contributed by atoms with Crippen LogP contribution < -0.4 is 16.0 Å². The predicted octanol–water partition coefficient (Wildman–Crippen LogP) is 2.04. The minimum Gasteiger partial charge on any atom is -0.459 e. The number of fused-ring (bicyclic) bond motifs is 1. The van der Waals surface area contributed by atoms with Gasteiger partial charge < -0.3 is 25.1 Å². The molecule has 2 rings (SSSR count). The van der Waals surface area contributed by atoms with E-state index in [0.29, 0.717) is 19.1 Å². The topological polar surface area (TPSA) is 87.9 Å². The summed E-state index contributed by atoms with van der Waals surface area (Å²) in [7, 11) is 3.25. The highest BCUT2D eigenvalue weighted by Crippen LogP contribution is 2.23. The van der Waals surface area contributed by atoms with Crippen molar-refractivity contribution in [3.8, 4) is 0 Å². The molecule has 0 aliphatic heterocycles. The Bertz CT molecular complexity index is 669. The molecule has 3 N–H and O–H groups in total. The van der Waals surface area contributed by atoms with Crippen molar-refractivity contribution in [2.45, 2.75) is 13.0 Å². The molecule has 0 spiro atoms. The van der Waals surface area contributed by atoms with Crippen LogP contribution in [0, 0.1) is 0 Å². The maximum Gasteiger partial charge on any atom is 0.239 e. The molecule has 2 aromatic rings. The summed E-state index contributed by atoms with van der Waals surface area (Å²) in [5.41, 5.74) is 0.849. The highest BCUT2D eigenvalue weighted by atomic mass is 127. The summed E-state index contributed by atoms with van der Waals surface area (Å²) >= 11 is 0. The van der Waals surface area contributed by atoms with Gasteiger partial charge in [-0.3, -0.25) is 9.79 Å². The van der Waals surface area contributed by atoms with Gasteiger partial charge in [0.05, 0.1) is 19.2 Å². The number of aliphatic imine (C=N–C) groups is 1. The van der Waals surface area contributed by atoms with Crippen LogP contribution in [0.25, 0.3) is 11.0 Å². The molecule has 1 heterocycles. The second kappa shape index (κ2) is 10.9. The fraction of sp³-hybridized carbons (Fsp3) is 0.412. The summed E-state index contributed by atoms with van der Waals surface area (Å²) in [6.07, 6.45) is 0. The van der Waals surface area contributed by atoms with E-state index in [1.807, 2.05) is 37.3 Å². The fourth-order valence-corrected chi connectivity index (χ4v) is 2.21. The third-order valence-electron chi connectivity index (χ3n) is 3.49. The Hall–Kier alpha value is -1.81. The molecule has 0 bridgehead atoms. The SMILES string of the molecule is CN=C(NCC(=O)NCCOC)NC(C)c1cc2ccccc2o1.I. The summed E-state index contributed by atoms with van der Waals surface area (Å²) in [5, 5.41) is 9.98. The zero-order valence-electron chi connectivity index (χ0n) is 14.7. The number of carbonyl (C=O) groups excluding carboxylic acids is 1.